The molecule has 2 aromatic carbocycles. The first-order chi connectivity index (χ1) is 13.4. The zero-order valence-corrected chi connectivity index (χ0v) is 16.2. The Labute approximate surface area is 164 Å². The predicted molar refractivity (Wildman–Crippen MR) is 105 cm³/mol. The Kier molecular flexibility index (Phi) is 6.62. The lowest BCUT2D eigenvalue weighted by atomic mass is 9.92. The Bertz CT molecular complexity index is 764. The molecule has 1 fully saturated rings. The van der Waals surface area contributed by atoms with Crippen LogP contribution >= 0.6 is 0 Å². The number of hydrogen-bond acceptors (Lipinski definition) is 3. The maximum atomic E-state index is 13.1. The van der Waals surface area contributed by atoms with Crippen molar-refractivity contribution in [1.29, 1.82) is 0 Å². The fourth-order valence-electron chi connectivity index (χ4n) is 3.75. The van der Waals surface area contributed by atoms with Gasteiger partial charge in [0.2, 0.25) is 0 Å². The zero-order valence-electron chi connectivity index (χ0n) is 16.2. The molecule has 3 rings (SSSR count). The highest BCUT2D eigenvalue weighted by Crippen LogP contribution is 2.36. The van der Waals surface area contributed by atoms with Crippen LogP contribution in [0, 0.1) is 0 Å². The third kappa shape index (κ3) is 4.86. The Hall–Kier alpha value is -2.05. The van der Waals surface area contributed by atoms with Crippen molar-refractivity contribution >= 4 is 0 Å². The van der Waals surface area contributed by atoms with Gasteiger partial charge in [-0.1, -0.05) is 42.5 Å². The Morgan fingerprint density at radius 2 is 1.93 bits per heavy atom. The minimum Gasteiger partial charge on any atom is -0.496 e. The summed E-state index contributed by atoms with van der Waals surface area (Å²) in [7, 11) is 1.54. The Morgan fingerprint density at radius 1 is 1.18 bits per heavy atom. The molecule has 28 heavy (non-hydrogen) atoms. The van der Waals surface area contributed by atoms with Crippen molar-refractivity contribution in [2.24, 2.45) is 0 Å². The molecule has 152 valence electrons. The standard InChI is InChI=1S/C22H27F3N2O/c1-15(22(23,24)25)17-10-11-20(28-2)18(13-17)14-27-19-9-6-12-26-21(19)16-7-4-3-5-8-16/h3-5,7-8,10-11,13,15,19,21,26-27H,6,9,12,14H2,1-2H3/t15?,19-,21-/m0/s1. The van der Waals surface area contributed by atoms with Gasteiger partial charge in [0.1, 0.15) is 5.75 Å². The van der Waals surface area contributed by atoms with Gasteiger partial charge in [0.15, 0.2) is 0 Å². The molecule has 3 nitrogen and oxygen atoms in total. The van der Waals surface area contributed by atoms with Crippen molar-refractivity contribution < 1.29 is 17.9 Å². The maximum absolute atomic E-state index is 13.1. The number of ether oxygens (including phenoxy) is 1. The molecule has 0 spiro atoms. The van der Waals surface area contributed by atoms with Gasteiger partial charge in [-0.15, -0.1) is 0 Å². The average Bonchev–Trinajstić information content (AvgIpc) is 2.71. The third-order valence-corrected chi connectivity index (χ3v) is 5.47. The van der Waals surface area contributed by atoms with E-state index in [9.17, 15) is 13.2 Å². The topological polar surface area (TPSA) is 33.3 Å². The van der Waals surface area contributed by atoms with Gasteiger partial charge in [0.25, 0.3) is 0 Å². The summed E-state index contributed by atoms with van der Waals surface area (Å²) in [5.74, 6) is -0.906. The summed E-state index contributed by atoms with van der Waals surface area (Å²) in [5, 5.41) is 7.10. The van der Waals surface area contributed by atoms with E-state index in [2.05, 4.69) is 22.8 Å². The Balaban J connectivity index is 1.76. The van der Waals surface area contributed by atoms with Crippen LogP contribution < -0.4 is 15.4 Å². The minimum atomic E-state index is -4.26. The second kappa shape index (κ2) is 8.97. The van der Waals surface area contributed by atoms with Gasteiger partial charge < -0.3 is 15.4 Å². The summed E-state index contributed by atoms with van der Waals surface area (Å²) in [6.45, 7) is 2.60. The van der Waals surface area contributed by atoms with Crippen molar-refractivity contribution in [3.63, 3.8) is 0 Å². The molecule has 1 unspecified atom stereocenters. The molecule has 2 aromatic rings. The number of alkyl halides is 3. The molecule has 1 aliphatic heterocycles. The summed E-state index contributed by atoms with van der Waals surface area (Å²) in [6.07, 6.45) is -2.19. The number of hydrogen-bond donors (Lipinski definition) is 2. The molecule has 0 amide bonds. The molecule has 6 heteroatoms. The molecule has 0 aromatic heterocycles. The number of methoxy groups -OCH3 is 1. The van der Waals surface area contributed by atoms with Crippen LogP contribution in [0.4, 0.5) is 13.2 Å². The quantitative estimate of drug-likeness (QED) is 0.730. The largest absolute Gasteiger partial charge is 0.496 e. The molecule has 1 heterocycles. The van der Waals surface area contributed by atoms with E-state index in [4.69, 9.17) is 4.74 Å². The van der Waals surface area contributed by atoms with E-state index in [1.165, 1.54) is 18.6 Å². The summed E-state index contributed by atoms with van der Waals surface area (Å²) in [5.41, 5.74) is 2.21. The third-order valence-electron chi connectivity index (χ3n) is 5.47. The fourth-order valence-corrected chi connectivity index (χ4v) is 3.75. The molecule has 0 bridgehead atoms. The van der Waals surface area contributed by atoms with Crippen LogP contribution in [0.15, 0.2) is 48.5 Å². The van der Waals surface area contributed by atoms with Crippen molar-refractivity contribution in [3.8, 4) is 5.75 Å². The summed E-state index contributed by atoms with van der Waals surface area (Å²) in [4.78, 5) is 0. The van der Waals surface area contributed by atoms with Gasteiger partial charge in [-0.3, -0.25) is 0 Å². The lowest BCUT2D eigenvalue weighted by Gasteiger charge is -2.34. The van der Waals surface area contributed by atoms with E-state index in [0.717, 1.165) is 24.9 Å². The molecule has 1 saturated heterocycles. The van der Waals surface area contributed by atoms with Crippen molar-refractivity contribution in [3.05, 3.63) is 65.2 Å². The van der Waals surface area contributed by atoms with Crippen LogP contribution in [0.2, 0.25) is 0 Å². The van der Waals surface area contributed by atoms with Crippen LogP contribution in [0.5, 0.6) is 5.75 Å². The smallest absolute Gasteiger partial charge is 0.395 e. The monoisotopic (exact) mass is 392 g/mol. The average molecular weight is 392 g/mol. The number of nitrogens with one attached hydrogen (secondary N) is 2. The summed E-state index contributed by atoms with van der Waals surface area (Å²) >= 11 is 0. The van der Waals surface area contributed by atoms with Gasteiger partial charge >= 0.3 is 6.18 Å². The van der Waals surface area contributed by atoms with Crippen LogP contribution in [-0.4, -0.2) is 25.9 Å². The molecule has 0 aliphatic carbocycles. The van der Waals surface area contributed by atoms with E-state index in [-0.39, 0.29) is 17.6 Å². The molecule has 0 radical (unpaired) electrons. The van der Waals surface area contributed by atoms with E-state index in [0.29, 0.717) is 12.3 Å². The minimum absolute atomic E-state index is 0.179. The lowest BCUT2D eigenvalue weighted by molar-refractivity contribution is -0.146. The van der Waals surface area contributed by atoms with E-state index >= 15 is 0 Å². The van der Waals surface area contributed by atoms with Gasteiger partial charge in [-0.25, -0.2) is 0 Å². The normalized spacial score (nSPS) is 21.3. The van der Waals surface area contributed by atoms with Gasteiger partial charge in [0, 0.05) is 24.2 Å². The van der Waals surface area contributed by atoms with Crippen LogP contribution in [0.3, 0.4) is 0 Å². The second-order valence-corrected chi connectivity index (χ2v) is 7.31. The van der Waals surface area contributed by atoms with Gasteiger partial charge in [-0.2, -0.15) is 13.2 Å². The first kappa shape index (κ1) is 20.7. The highest BCUT2D eigenvalue weighted by atomic mass is 19.4. The van der Waals surface area contributed by atoms with Gasteiger partial charge in [0.05, 0.1) is 13.0 Å². The molecule has 3 atom stereocenters. The van der Waals surface area contributed by atoms with Crippen LogP contribution in [-0.2, 0) is 6.54 Å². The molecule has 1 aliphatic rings. The maximum Gasteiger partial charge on any atom is 0.395 e. The highest BCUT2D eigenvalue weighted by molar-refractivity contribution is 5.39. The first-order valence-electron chi connectivity index (χ1n) is 9.65. The fraction of sp³-hybridized carbons (Fsp3) is 0.455. The second-order valence-electron chi connectivity index (χ2n) is 7.31. The number of rotatable bonds is 6. The molecule has 0 saturated carbocycles. The SMILES string of the molecule is COc1ccc(C(C)C(F)(F)F)cc1CN[C@H]1CCCN[C@H]1c1ccccc1. The van der Waals surface area contributed by atoms with Crippen molar-refractivity contribution in [1.82, 2.24) is 10.6 Å². The van der Waals surface area contributed by atoms with Crippen molar-refractivity contribution in [2.45, 2.75) is 50.5 Å². The predicted octanol–water partition coefficient (Wildman–Crippen LogP) is 4.94. The van der Waals surface area contributed by atoms with Crippen molar-refractivity contribution in [2.75, 3.05) is 13.7 Å². The van der Waals surface area contributed by atoms with Crippen LogP contribution in [0.25, 0.3) is 0 Å². The summed E-state index contributed by atoms with van der Waals surface area (Å²) in [6, 6.07) is 15.3. The van der Waals surface area contributed by atoms with E-state index in [1.54, 1.807) is 19.2 Å². The lowest BCUT2D eigenvalue weighted by Crippen LogP contribution is -2.45. The molecular formula is C22H27F3N2O. The number of halogens is 3. The molecular weight excluding hydrogens is 365 g/mol. The van der Waals surface area contributed by atoms with E-state index < -0.39 is 12.1 Å². The molecule has 2 N–H and O–H groups in total. The van der Waals surface area contributed by atoms with Gasteiger partial charge in [-0.05, 0) is 43.5 Å². The number of piperidine rings is 1. The van der Waals surface area contributed by atoms with Crippen LogP contribution in [0.1, 0.15) is 48.4 Å². The summed E-state index contributed by atoms with van der Waals surface area (Å²) < 4.78 is 44.7. The highest BCUT2D eigenvalue weighted by Gasteiger charge is 2.37. The van der Waals surface area contributed by atoms with E-state index in [1.807, 2.05) is 18.2 Å². The number of benzene rings is 2. The Morgan fingerprint density at radius 3 is 2.61 bits per heavy atom. The first-order valence-corrected chi connectivity index (χ1v) is 9.65. The zero-order chi connectivity index (χ0) is 20.1.